The molecule has 0 bridgehead atoms. The van der Waals surface area contributed by atoms with Crippen molar-refractivity contribution in [2.45, 2.75) is 12.1 Å². The number of morpholine rings is 1. The van der Waals surface area contributed by atoms with Gasteiger partial charge < -0.3 is 9.64 Å². The van der Waals surface area contributed by atoms with E-state index in [9.17, 15) is 4.79 Å². The van der Waals surface area contributed by atoms with Crippen LogP contribution in [0.4, 0.5) is 0 Å². The number of hydrogen-bond acceptors (Lipinski definition) is 3. The molecule has 0 spiro atoms. The number of carbonyl (C=O) groups is 1. The highest BCUT2D eigenvalue weighted by molar-refractivity contribution is 6.30. The van der Waals surface area contributed by atoms with Gasteiger partial charge >= 0.3 is 0 Å². The number of ether oxygens (including phenoxy) is 1. The van der Waals surface area contributed by atoms with Crippen LogP contribution >= 0.6 is 11.6 Å². The fourth-order valence-electron chi connectivity index (χ4n) is 3.23. The molecule has 0 aromatic heterocycles. The lowest BCUT2D eigenvalue weighted by Gasteiger charge is -2.37. The van der Waals surface area contributed by atoms with Crippen LogP contribution < -0.4 is 0 Å². The second-order valence-corrected chi connectivity index (χ2v) is 6.91. The van der Waals surface area contributed by atoms with Gasteiger partial charge in [0.05, 0.1) is 13.2 Å². The summed E-state index contributed by atoms with van der Waals surface area (Å²) < 4.78 is 5.88. The standard InChI is InChI=1S/C20H23ClN2O2/c1-22(2)19(15-7-4-3-5-8-15)20(24)23-11-12-25-18(14-23)16-9-6-10-17(21)13-16/h3-10,13,18-19H,11-12,14H2,1-2H3. The molecule has 0 N–H and O–H groups in total. The van der Waals surface area contributed by atoms with Crippen molar-refractivity contribution in [1.82, 2.24) is 9.80 Å². The van der Waals surface area contributed by atoms with Gasteiger partial charge in [-0.1, -0.05) is 54.1 Å². The van der Waals surface area contributed by atoms with E-state index in [0.717, 1.165) is 11.1 Å². The highest BCUT2D eigenvalue weighted by Crippen LogP contribution is 2.27. The smallest absolute Gasteiger partial charge is 0.244 e. The Balaban J connectivity index is 1.79. The van der Waals surface area contributed by atoms with E-state index in [-0.39, 0.29) is 18.1 Å². The minimum Gasteiger partial charge on any atom is -0.370 e. The zero-order chi connectivity index (χ0) is 17.8. The Morgan fingerprint density at radius 1 is 1.20 bits per heavy atom. The number of rotatable bonds is 4. The Morgan fingerprint density at radius 3 is 2.64 bits per heavy atom. The summed E-state index contributed by atoms with van der Waals surface area (Å²) in [6.07, 6.45) is -0.144. The van der Waals surface area contributed by atoms with E-state index < -0.39 is 0 Å². The molecule has 1 fully saturated rings. The van der Waals surface area contributed by atoms with Gasteiger partial charge in [0, 0.05) is 11.6 Å². The fourth-order valence-corrected chi connectivity index (χ4v) is 3.43. The molecule has 4 nitrogen and oxygen atoms in total. The number of likely N-dealkylation sites (N-methyl/N-ethyl adjacent to an activating group) is 1. The first-order valence-corrected chi connectivity index (χ1v) is 8.81. The molecule has 1 saturated heterocycles. The average molecular weight is 359 g/mol. The van der Waals surface area contributed by atoms with Crippen molar-refractivity contribution in [3.63, 3.8) is 0 Å². The summed E-state index contributed by atoms with van der Waals surface area (Å²) in [5, 5.41) is 0.681. The first-order chi connectivity index (χ1) is 12.1. The second-order valence-electron chi connectivity index (χ2n) is 6.48. The average Bonchev–Trinajstić information content (AvgIpc) is 2.62. The van der Waals surface area contributed by atoms with Crippen LogP contribution in [0.1, 0.15) is 23.3 Å². The first-order valence-electron chi connectivity index (χ1n) is 8.43. The molecule has 2 unspecified atom stereocenters. The Kier molecular flexibility index (Phi) is 5.74. The lowest BCUT2D eigenvalue weighted by Crippen LogP contribution is -2.47. The molecule has 0 saturated carbocycles. The van der Waals surface area contributed by atoms with Gasteiger partial charge in [0.1, 0.15) is 12.1 Å². The van der Waals surface area contributed by atoms with E-state index in [4.69, 9.17) is 16.3 Å². The molecule has 2 aromatic rings. The molecule has 1 aliphatic rings. The van der Waals surface area contributed by atoms with Crippen molar-refractivity contribution < 1.29 is 9.53 Å². The van der Waals surface area contributed by atoms with Gasteiger partial charge in [-0.25, -0.2) is 0 Å². The summed E-state index contributed by atoms with van der Waals surface area (Å²) in [6, 6.07) is 17.2. The van der Waals surface area contributed by atoms with Gasteiger partial charge in [0.2, 0.25) is 5.91 Å². The summed E-state index contributed by atoms with van der Waals surface area (Å²) >= 11 is 6.09. The zero-order valence-electron chi connectivity index (χ0n) is 14.6. The summed E-state index contributed by atoms with van der Waals surface area (Å²) in [4.78, 5) is 17.0. The number of benzene rings is 2. The molecular weight excluding hydrogens is 336 g/mol. The molecule has 0 aliphatic carbocycles. The summed E-state index contributed by atoms with van der Waals surface area (Å²) in [7, 11) is 3.87. The van der Waals surface area contributed by atoms with Crippen LogP contribution in [0.3, 0.4) is 0 Å². The van der Waals surface area contributed by atoms with Gasteiger partial charge in [0.25, 0.3) is 0 Å². The van der Waals surface area contributed by atoms with E-state index >= 15 is 0 Å². The maximum Gasteiger partial charge on any atom is 0.244 e. The Hall–Kier alpha value is -1.88. The van der Waals surface area contributed by atoms with Crippen molar-refractivity contribution in [3.05, 3.63) is 70.7 Å². The first kappa shape index (κ1) is 17.9. The second kappa shape index (κ2) is 8.00. The number of halogens is 1. The van der Waals surface area contributed by atoms with Gasteiger partial charge in [-0.05, 0) is 37.4 Å². The SMILES string of the molecule is CN(C)C(C(=O)N1CCOC(c2cccc(Cl)c2)C1)c1ccccc1. The van der Waals surface area contributed by atoms with Crippen LogP contribution in [-0.2, 0) is 9.53 Å². The topological polar surface area (TPSA) is 32.8 Å². The molecule has 25 heavy (non-hydrogen) atoms. The monoisotopic (exact) mass is 358 g/mol. The number of amides is 1. The Labute approximate surface area is 154 Å². The van der Waals surface area contributed by atoms with Crippen molar-refractivity contribution in [1.29, 1.82) is 0 Å². The number of hydrogen-bond donors (Lipinski definition) is 0. The normalized spacial score (nSPS) is 19.0. The van der Waals surface area contributed by atoms with Gasteiger partial charge in [-0.2, -0.15) is 0 Å². The molecule has 2 atom stereocenters. The molecular formula is C20H23ClN2O2. The quantitative estimate of drug-likeness (QED) is 0.838. The molecule has 1 heterocycles. The largest absolute Gasteiger partial charge is 0.370 e. The van der Waals surface area contributed by atoms with Gasteiger partial charge in [-0.15, -0.1) is 0 Å². The molecule has 0 radical (unpaired) electrons. The third kappa shape index (κ3) is 4.21. The van der Waals surface area contributed by atoms with Crippen molar-refractivity contribution in [3.8, 4) is 0 Å². The fraction of sp³-hybridized carbons (Fsp3) is 0.350. The molecule has 3 rings (SSSR count). The van der Waals surface area contributed by atoms with Gasteiger partial charge in [0.15, 0.2) is 0 Å². The van der Waals surface area contributed by atoms with Crippen LogP contribution in [-0.4, -0.2) is 49.5 Å². The third-order valence-electron chi connectivity index (χ3n) is 4.46. The van der Waals surface area contributed by atoms with Crippen LogP contribution in [0.15, 0.2) is 54.6 Å². The van der Waals surface area contributed by atoms with E-state index in [1.54, 1.807) is 0 Å². The molecule has 2 aromatic carbocycles. The maximum absolute atomic E-state index is 13.2. The van der Waals surface area contributed by atoms with Crippen LogP contribution in [0.5, 0.6) is 0 Å². The molecule has 1 aliphatic heterocycles. The van der Waals surface area contributed by atoms with E-state index in [1.165, 1.54) is 0 Å². The van der Waals surface area contributed by atoms with Crippen molar-refractivity contribution in [2.24, 2.45) is 0 Å². The molecule has 1 amide bonds. The summed E-state index contributed by atoms with van der Waals surface area (Å²) in [5.41, 5.74) is 2.01. The molecule has 5 heteroatoms. The third-order valence-corrected chi connectivity index (χ3v) is 4.70. The zero-order valence-corrected chi connectivity index (χ0v) is 15.3. The van der Waals surface area contributed by atoms with E-state index in [1.807, 2.05) is 78.5 Å². The van der Waals surface area contributed by atoms with E-state index in [0.29, 0.717) is 24.7 Å². The van der Waals surface area contributed by atoms with Gasteiger partial charge in [-0.3, -0.25) is 9.69 Å². The number of nitrogens with zero attached hydrogens (tertiary/aromatic N) is 2. The van der Waals surface area contributed by atoms with Crippen LogP contribution in [0.2, 0.25) is 5.02 Å². The van der Waals surface area contributed by atoms with Crippen molar-refractivity contribution >= 4 is 17.5 Å². The minimum absolute atomic E-state index is 0.103. The van der Waals surface area contributed by atoms with E-state index in [2.05, 4.69) is 0 Å². The Morgan fingerprint density at radius 2 is 1.96 bits per heavy atom. The maximum atomic E-state index is 13.2. The predicted molar refractivity (Wildman–Crippen MR) is 99.6 cm³/mol. The highest BCUT2D eigenvalue weighted by Gasteiger charge is 2.32. The minimum atomic E-state index is -0.292. The summed E-state index contributed by atoms with van der Waals surface area (Å²) in [6.45, 7) is 1.67. The van der Waals surface area contributed by atoms with Crippen LogP contribution in [0.25, 0.3) is 0 Å². The lowest BCUT2D eigenvalue weighted by atomic mass is 10.0. The molecule has 132 valence electrons. The summed E-state index contributed by atoms with van der Waals surface area (Å²) in [5.74, 6) is 0.103. The predicted octanol–water partition coefficient (Wildman–Crippen LogP) is 3.54. The van der Waals surface area contributed by atoms with Crippen molar-refractivity contribution in [2.75, 3.05) is 33.8 Å². The Bertz CT molecular complexity index is 721. The number of carbonyl (C=O) groups excluding carboxylic acids is 1. The lowest BCUT2D eigenvalue weighted by molar-refractivity contribution is -0.144. The van der Waals surface area contributed by atoms with Crippen LogP contribution in [0, 0.1) is 0 Å². The highest BCUT2D eigenvalue weighted by atomic mass is 35.5.